The number of thiazole rings is 1. The maximum Gasteiger partial charge on any atom is 0.336 e. The third-order valence-electron chi connectivity index (χ3n) is 3.69. The predicted octanol–water partition coefficient (Wildman–Crippen LogP) is 4.35. The second-order valence-electron chi connectivity index (χ2n) is 5.53. The normalized spacial score (nSPS) is 11.1. The molecule has 1 aromatic heterocycles. The lowest BCUT2D eigenvalue weighted by atomic mass is 10.1. The topological polar surface area (TPSA) is 91.8 Å². The molecule has 0 atom stereocenters. The third-order valence-corrected chi connectivity index (χ3v) is 4.93. The fourth-order valence-corrected chi connectivity index (χ4v) is 3.28. The van der Waals surface area contributed by atoms with E-state index in [1.165, 1.54) is 28.6 Å². The molecule has 0 unspecified atom stereocenters. The van der Waals surface area contributed by atoms with Crippen molar-refractivity contribution in [2.45, 2.75) is 0 Å². The van der Waals surface area contributed by atoms with Crippen LogP contribution < -0.4 is 10.7 Å². The Balaban J connectivity index is 1.86. The van der Waals surface area contributed by atoms with E-state index in [0.717, 1.165) is 11.6 Å². The molecule has 138 valence electrons. The average molecular weight is 405 g/mol. The molecule has 0 fully saturated rings. The molecule has 0 saturated heterocycles. The second kappa shape index (κ2) is 7.73. The molecule has 0 aliphatic rings. The minimum atomic E-state index is -1.27. The lowest BCUT2D eigenvalue weighted by Gasteiger charge is -2.09. The molecular weight excluding hydrogens is 391 g/mol. The Hall–Kier alpha value is -2.97. The van der Waals surface area contributed by atoms with E-state index in [0.29, 0.717) is 15.8 Å². The minimum absolute atomic E-state index is 0.153. The van der Waals surface area contributed by atoms with Crippen LogP contribution in [0.4, 0.5) is 15.2 Å². The van der Waals surface area contributed by atoms with Gasteiger partial charge in [-0.05, 0) is 18.2 Å². The molecule has 0 saturated carbocycles. The number of hydrogen-bond acceptors (Lipinski definition) is 6. The summed E-state index contributed by atoms with van der Waals surface area (Å²) in [5, 5.41) is 17.9. The number of aromatic nitrogens is 1. The summed E-state index contributed by atoms with van der Waals surface area (Å²) in [5.41, 5.74) is 6.85. The van der Waals surface area contributed by atoms with Gasteiger partial charge in [0.05, 0.1) is 23.2 Å². The maximum absolute atomic E-state index is 13.5. The zero-order valence-corrected chi connectivity index (χ0v) is 15.6. The molecule has 0 amide bonds. The summed E-state index contributed by atoms with van der Waals surface area (Å²) in [6.07, 6.45) is 1.30. The Bertz CT molecular complexity index is 1040. The Kier molecular flexibility index (Phi) is 5.38. The number of hydrogen-bond donors (Lipinski definition) is 2. The van der Waals surface area contributed by atoms with Crippen molar-refractivity contribution in [3.05, 3.63) is 63.7 Å². The average Bonchev–Trinajstić information content (AvgIpc) is 3.12. The number of benzene rings is 2. The molecule has 27 heavy (non-hydrogen) atoms. The fraction of sp³-hybridized carbons (Fsp3) is 0.0556. The number of anilines is 2. The summed E-state index contributed by atoms with van der Waals surface area (Å²) in [6, 6.07) is 9.46. The van der Waals surface area contributed by atoms with Crippen molar-refractivity contribution >= 4 is 45.9 Å². The number of nitrogens with zero attached hydrogens (tertiary/aromatic N) is 3. The van der Waals surface area contributed by atoms with Crippen molar-refractivity contribution in [1.82, 2.24) is 4.98 Å². The molecule has 0 spiro atoms. The summed E-state index contributed by atoms with van der Waals surface area (Å²) in [4.78, 5) is 15.8. The number of carboxylic acid groups (broad SMARTS) is 1. The fourth-order valence-electron chi connectivity index (χ4n) is 2.30. The van der Waals surface area contributed by atoms with Gasteiger partial charge in [0, 0.05) is 28.6 Å². The Morgan fingerprint density at radius 3 is 2.85 bits per heavy atom. The summed E-state index contributed by atoms with van der Waals surface area (Å²) >= 11 is 7.54. The number of aromatic carboxylic acids is 1. The van der Waals surface area contributed by atoms with Gasteiger partial charge in [0.2, 0.25) is 5.13 Å². The van der Waals surface area contributed by atoms with Crippen LogP contribution in [0.5, 0.6) is 0 Å². The van der Waals surface area contributed by atoms with Gasteiger partial charge in [-0.2, -0.15) is 5.10 Å². The maximum atomic E-state index is 13.5. The molecule has 0 radical (unpaired) electrons. The van der Waals surface area contributed by atoms with E-state index in [1.807, 2.05) is 23.6 Å². The van der Waals surface area contributed by atoms with E-state index in [9.17, 15) is 14.3 Å². The highest BCUT2D eigenvalue weighted by atomic mass is 35.5. The Labute approximate surface area is 163 Å². The summed E-state index contributed by atoms with van der Waals surface area (Å²) < 4.78 is 13.5. The van der Waals surface area contributed by atoms with Gasteiger partial charge >= 0.3 is 5.97 Å². The highest BCUT2D eigenvalue weighted by molar-refractivity contribution is 7.14. The van der Waals surface area contributed by atoms with Crippen LogP contribution in [0.1, 0.15) is 15.9 Å². The first kappa shape index (κ1) is 18.8. The molecule has 2 aromatic carbocycles. The van der Waals surface area contributed by atoms with Crippen molar-refractivity contribution in [2.75, 3.05) is 17.8 Å². The first-order chi connectivity index (χ1) is 12.9. The molecule has 9 heteroatoms. The monoisotopic (exact) mass is 404 g/mol. The lowest BCUT2D eigenvalue weighted by molar-refractivity contribution is 0.0696. The number of nitrogens with two attached hydrogens (primary N) is 1. The molecular formula is C18H14ClFN4O2S. The van der Waals surface area contributed by atoms with Gasteiger partial charge in [-0.1, -0.05) is 29.8 Å². The molecule has 0 aliphatic heterocycles. The third kappa shape index (κ3) is 4.07. The highest BCUT2D eigenvalue weighted by Crippen LogP contribution is 2.31. The van der Waals surface area contributed by atoms with Crippen molar-refractivity contribution in [3.8, 4) is 11.3 Å². The van der Waals surface area contributed by atoms with Gasteiger partial charge in [-0.25, -0.2) is 19.2 Å². The van der Waals surface area contributed by atoms with Crippen LogP contribution in [0.3, 0.4) is 0 Å². The van der Waals surface area contributed by atoms with Gasteiger partial charge in [-0.3, -0.25) is 0 Å². The highest BCUT2D eigenvalue weighted by Gasteiger charge is 2.14. The van der Waals surface area contributed by atoms with Gasteiger partial charge in [0.25, 0.3) is 0 Å². The number of nitrogen functional groups attached to an aromatic ring is 1. The number of hydrazone groups is 1. The quantitative estimate of drug-likeness (QED) is 0.374. The first-order valence-electron chi connectivity index (χ1n) is 7.67. The Morgan fingerprint density at radius 1 is 1.41 bits per heavy atom. The molecule has 3 aromatic rings. The molecule has 3 N–H and O–H groups in total. The van der Waals surface area contributed by atoms with Crippen molar-refractivity contribution in [2.24, 2.45) is 5.10 Å². The van der Waals surface area contributed by atoms with E-state index < -0.39 is 11.8 Å². The van der Waals surface area contributed by atoms with Crippen LogP contribution in [0.2, 0.25) is 5.02 Å². The van der Waals surface area contributed by atoms with Crippen molar-refractivity contribution < 1.29 is 14.3 Å². The summed E-state index contributed by atoms with van der Waals surface area (Å²) in [6.45, 7) is 0. The van der Waals surface area contributed by atoms with E-state index >= 15 is 0 Å². The molecule has 0 bridgehead atoms. The Morgan fingerprint density at radius 2 is 2.15 bits per heavy atom. The van der Waals surface area contributed by atoms with Crippen LogP contribution >= 0.6 is 22.9 Å². The predicted molar refractivity (Wildman–Crippen MR) is 106 cm³/mol. The van der Waals surface area contributed by atoms with Gasteiger partial charge in [0.1, 0.15) is 5.82 Å². The van der Waals surface area contributed by atoms with Crippen molar-refractivity contribution in [1.29, 1.82) is 0 Å². The van der Waals surface area contributed by atoms with Crippen LogP contribution in [0.25, 0.3) is 11.3 Å². The van der Waals surface area contributed by atoms with Crippen LogP contribution in [0, 0.1) is 5.82 Å². The van der Waals surface area contributed by atoms with E-state index in [1.54, 1.807) is 13.1 Å². The van der Waals surface area contributed by atoms with Gasteiger partial charge < -0.3 is 10.8 Å². The van der Waals surface area contributed by atoms with E-state index in [2.05, 4.69) is 10.1 Å². The minimum Gasteiger partial charge on any atom is -0.478 e. The number of halogens is 2. The van der Waals surface area contributed by atoms with Crippen LogP contribution in [-0.4, -0.2) is 29.3 Å². The van der Waals surface area contributed by atoms with E-state index in [-0.39, 0.29) is 16.8 Å². The SMILES string of the molecule is CN(/N=C/c1cc(N)c(F)cc1C(=O)O)c1nc(-c2ccccc2Cl)cs1. The standard InChI is InChI=1S/C18H14ClFN4O2S/c1-24(18-23-16(9-27-18)11-4-2-3-5-13(11)19)22-8-10-6-15(21)14(20)7-12(10)17(25)26/h2-9H,21H2,1H3,(H,25,26)/b22-8+. The van der Waals surface area contributed by atoms with Crippen molar-refractivity contribution in [3.63, 3.8) is 0 Å². The number of carbonyl (C=O) groups is 1. The molecule has 0 aliphatic carbocycles. The number of carboxylic acids is 1. The second-order valence-corrected chi connectivity index (χ2v) is 6.77. The van der Waals surface area contributed by atoms with Gasteiger partial charge in [-0.15, -0.1) is 11.3 Å². The zero-order chi connectivity index (χ0) is 19.6. The largest absolute Gasteiger partial charge is 0.478 e. The molecule has 1 heterocycles. The summed E-state index contributed by atoms with van der Waals surface area (Å²) in [7, 11) is 1.67. The smallest absolute Gasteiger partial charge is 0.336 e. The van der Waals surface area contributed by atoms with Gasteiger partial charge in [0.15, 0.2) is 0 Å². The number of rotatable bonds is 5. The van der Waals surface area contributed by atoms with E-state index in [4.69, 9.17) is 17.3 Å². The lowest BCUT2D eigenvalue weighted by Crippen LogP contribution is -2.10. The summed E-state index contributed by atoms with van der Waals surface area (Å²) in [5.74, 6) is -2.06. The molecule has 6 nitrogen and oxygen atoms in total. The van der Waals surface area contributed by atoms with Crippen LogP contribution in [-0.2, 0) is 0 Å². The molecule has 3 rings (SSSR count). The van der Waals surface area contributed by atoms with Crippen LogP contribution in [0.15, 0.2) is 46.9 Å². The first-order valence-corrected chi connectivity index (χ1v) is 8.93. The zero-order valence-electron chi connectivity index (χ0n) is 14.1.